The minimum Gasteiger partial charge on any atom is -0.491 e. The third-order valence-corrected chi connectivity index (χ3v) is 3.86. The summed E-state index contributed by atoms with van der Waals surface area (Å²) in [5.41, 5.74) is 1.33. The monoisotopic (exact) mass is 378 g/mol. The van der Waals surface area contributed by atoms with Gasteiger partial charge in [-0.2, -0.15) is 0 Å². The van der Waals surface area contributed by atoms with Crippen molar-refractivity contribution in [2.75, 3.05) is 11.9 Å². The second kappa shape index (κ2) is 8.39. The van der Waals surface area contributed by atoms with Crippen LogP contribution in [0.2, 0.25) is 0 Å². The van der Waals surface area contributed by atoms with E-state index in [0.29, 0.717) is 17.7 Å². The highest BCUT2D eigenvalue weighted by Crippen LogP contribution is 2.19. The van der Waals surface area contributed by atoms with E-state index in [0.717, 1.165) is 5.75 Å². The van der Waals surface area contributed by atoms with Gasteiger partial charge >= 0.3 is 0 Å². The number of hydrogen-bond donors (Lipinski definition) is 2. The predicted octanol–water partition coefficient (Wildman–Crippen LogP) is 3.29. The number of fused-ring (bicyclic) bond motifs is 1. The number of carbonyl (C=O) groups is 2. The summed E-state index contributed by atoms with van der Waals surface area (Å²) in [4.78, 5) is 29.4. The average molecular weight is 378 g/mol. The molecule has 2 heterocycles. The molecule has 1 aromatic carbocycles. The Morgan fingerprint density at radius 2 is 1.93 bits per heavy atom. The molecule has 2 N–H and O–H groups in total. The highest BCUT2D eigenvalue weighted by molar-refractivity contribution is 6.08. The number of pyridine rings is 1. The highest BCUT2D eigenvalue weighted by atomic mass is 16.5. The zero-order valence-corrected chi connectivity index (χ0v) is 15.8. The number of carbonyl (C=O) groups excluding carboxylic acids is 2. The van der Waals surface area contributed by atoms with Crippen LogP contribution < -0.4 is 15.4 Å². The smallest absolute Gasteiger partial charge is 0.287 e. The maximum Gasteiger partial charge on any atom is 0.287 e. The number of aromatic nitrogens is 2. The van der Waals surface area contributed by atoms with Gasteiger partial charge in [-0.1, -0.05) is 12.1 Å². The summed E-state index contributed by atoms with van der Waals surface area (Å²) in [6.45, 7) is 7.78. The third-order valence-electron chi connectivity index (χ3n) is 3.86. The lowest BCUT2D eigenvalue weighted by atomic mass is 10.2. The van der Waals surface area contributed by atoms with Crippen LogP contribution in [-0.2, 0) is 0 Å². The highest BCUT2D eigenvalue weighted by Gasteiger charge is 2.21. The van der Waals surface area contributed by atoms with Crippen molar-refractivity contribution < 1.29 is 14.3 Å². The summed E-state index contributed by atoms with van der Waals surface area (Å²) in [6, 6.07) is 12.4. The first kappa shape index (κ1) is 19.2. The molecule has 0 fully saturated rings. The first-order valence-corrected chi connectivity index (χ1v) is 8.94. The number of ether oxygens (including phenoxy) is 1. The largest absolute Gasteiger partial charge is 0.491 e. The zero-order chi connectivity index (χ0) is 20.1. The molecule has 3 aromatic rings. The molecule has 7 heteroatoms. The van der Waals surface area contributed by atoms with Crippen molar-refractivity contribution in [1.82, 2.24) is 14.7 Å². The standard InChI is InChI=1S/C21H22N4O3/c1-4-12-22-21(27)19-24-18(17-7-5-6-13-25(17)19)20(26)23-15-8-10-16(11-9-15)28-14(2)3/h4-11,13-14H,1,12H2,2-3H3,(H,22,27)(H,23,26). The number of benzene rings is 1. The van der Waals surface area contributed by atoms with Gasteiger partial charge in [0.1, 0.15) is 5.75 Å². The molecule has 2 aromatic heterocycles. The Labute approximate surface area is 163 Å². The Kier molecular flexibility index (Phi) is 5.74. The molecule has 0 unspecified atom stereocenters. The van der Waals surface area contributed by atoms with E-state index in [1.165, 1.54) is 0 Å². The second-order valence-corrected chi connectivity index (χ2v) is 6.38. The lowest BCUT2D eigenvalue weighted by Crippen LogP contribution is -2.25. The van der Waals surface area contributed by atoms with Crippen LogP contribution in [0.15, 0.2) is 61.3 Å². The number of imidazole rings is 1. The van der Waals surface area contributed by atoms with Crippen molar-refractivity contribution in [3.05, 3.63) is 72.8 Å². The van der Waals surface area contributed by atoms with Crippen LogP contribution >= 0.6 is 0 Å². The second-order valence-electron chi connectivity index (χ2n) is 6.38. The van der Waals surface area contributed by atoms with Crippen LogP contribution in [0.1, 0.15) is 35.0 Å². The number of nitrogens with one attached hydrogen (secondary N) is 2. The van der Waals surface area contributed by atoms with Crippen molar-refractivity contribution in [2.24, 2.45) is 0 Å². The van der Waals surface area contributed by atoms with E-state index in [2.05, 4.69) is 22.2 Å². The number of anilines is 1. The normalized spacial score (nSPS) is 10.7. The summed E-state index contributed by atoms with van der Waals surface area (Å²) in [5, 5.41) is 5.49. The van der Waals surface area contributed by atoms with Gasteiger partial charge in [-0.15, -0.1) is 6.58 Å². The fraction of sp³-hybridized carbons (Fsp3) is 0.190. The van der Waals surface area contributed by atoms with Gasteiger partial charge in [0.25, 0.3) is 11.8 Å². The van der Waals surface area contributed by atoms with Gasteiger partial charge in [0, 0.05) is 18.4 Å². The average Bonchev–Trinajstić information content (AvgIpc) is 3.07. The zero-order valence-electron chi connectivity index (χ0n) is 15.8. The van der Waals surface area contributed by atoms with Gasteiger partial charge in [0.2, 0.25) is 5.82 Å². The molecule has 144 valence electrons. The first-order chi connectivity index (χ1) is 13.5. The molecule has 0 spiro atoms. The molecule has 0 aliphatic rings. The van der Waals surface area contributed by atoms with E-state index in [9.17, 15) is 9.59 Å². The molecule has 2 amide bonds. The topological polar surface area (TPSA) is 84.7 Å². The third kappa shape index (κ3) is 4.20. The van der Waals surface area contributed by atoms with Crippen LogP contribution in [0.25, 0.3) is 5.52 Å². The van der Waals surface area contributed by atoms with Crippen LogP contribution in [-0.4, -0.2) is 33.8 Å². The van der Waals surface area contributed by atoms with Gasteiger partial charge in [0.05, 0.1) is 11.6 Å². The SMILES string of the molecule is C=CCNC(=O)c1nc(C(=O)Nc2ccc(OC(C)C)cc2)c2ccccn12. The van der Waals surface area contributed by atoms with E-state index in [1.807, 2.05) is 13.8 Å². The minimum atomic E-state index is -0.399. The summed E-state index contributed by atoms with van der Waals surface area (Å²) in [5.74, 6) is 0.0873. The molecule has 7 nitrogen and oxygen atoms in total. The number of nitrogens with zero attached hydrogens (tertiary/aromatic N) is 2. The first-order valence-electron chi connectivity index (χ1n) is 8.94. The van der Waals surface area contributed by atoms with Crippen LogP contribution in [0.3, 0.4) is 0 Å². The maximum absolute atomic E-state index is 12.8. The molecule has 0 saturated carbocycles. The predicted molar refractivity (Wildman–Crippen MR) is 108 cm³/mol. The van der Waals surface area contributed by atoms with Crippen molar-refractivity contribution >= 4 is 23.0 Å². The van der Waals surface area contributed by atoms with E-state index in [1.54, 1.807) is 59.1 Å². The minimum absolute atomic E-state index is 0.0722. The van der Waals surface area contributed by atoms with Gasteiger partial charge in [-0.05, 0) is 50.2 Å². The quantitative estimate of drug-likeness (QED) is 0.618. The molecule has 28 heavy (non-hydrogen) atoms. The van der Waals surface area contributed by atoms with Crippen LogP contribution in [0, 0.1) is 0 Å². The Morgan fingerprint density at radius 3 is 2.61 bits per heavy atom. The van der Waals surface area contributed by atoms with E-state index in [4.69, 9.17) is 4.74 Å². The van der Waals surface area contributed by atoms with Crippen molar-refractivity contribution in [1.29, 1.82) is 0 Å². The molecule has 0 aliphatic heterocycles. The van der Waals surface area contributed by atoms with Crippen molar-refractivity contribution in [2.45, 2.75) is 20.0 Å². The Morgan fingerprint density at radius 1 is 1.18 bits per heavy atom. The molecule has 0 radical (unpaired) electrons. The van der Waals surface area contributed by atoms with E-state index >= 15 is 0 Å². The summed E-state index contributed by atoms with van der Waals surface area (Å²) in [6.07, 6.45) is 3.34. The Bertz CT molecular complexity index is 1010. The van der Waals surface area contributed by atoms with Crippen LogP contribution in [0.4, 0.5) is 5.69 Å². The van der Waals surface area contributed by atoms with E-state index in [-0.39, 0.29) is 23.5 Å². The van der Waals surface area contributed by atoms with Crippen LogP contribution in [0.5, 0.6) is 5.75 Å². The lowest BCUT2D eigenvalue weighted by Gasteiger charge is -2.10. The number of hydrogen-bond acceptors (Lipinski definition) is 4. The van der Waals surface area contributed by atoms with Gasteiger partial charge < -0.3 is 15.4 Å². The summed E-state index contributed by atoms with van der Waals surface area (Å²) < 4.78 is 7.19. The fourth-order valence-electron chi connectivity index (χ4n) is 2.69. The molecule has 0 saturated heterocycles. The van der Waals surface area contributed by atoms with E-state index < -0.39 is 5.91 Å². The summed E-state index contributed by atoms with van der Waals surface area (Å²) in [7, 11) is 0. The fourth-order valence-corrected chi connectivity index (χ4v) is 2.69. The molecular weight excluding hydrogens is 356 g/mol. The molecule has 0 aliphatic carbocycles. The molecule has 0 bridgehead atoms. The molecule has 3 rings (SSSR count). The van der Waals surface area contributed by atoms with Crippen molar-refractivity contribution in [3.8, 4) is 5.75 Å². The lowest BCUT2D eigenvalue weighted by molar-refractivity contribution is 0.0947. The van der Waals surface area contributed by atoms with Crippen molar-refractivity contribution in [3.63, 3.8) is 0 Å². The number of rotatable bonds is 7. The molecular formula is C21H22N4O3. The maximum atomic E-state index is 12.8. The Balaban J connectivity index is 1.85. The van der Waals surface area contributed by atoms with Gasteiger partial charge in [-0.3, -0.25) is 14.0 Å². The van der Waals surface area contributed by atoms with Gasteiger partial charge in [0.15, 0.2) is 5.69 Å². The van der Waals surface area contributed by atoms with Gasteiger partial charge in [-0.25, -0.2) is 4.98 Å². The number of amides is 2. The Hall–Kier alpha value is -3.61. The summed E-state index contributed by atoms with van der Waals surface area (Å²) >= 11 is 0. The molecule has 0 atom stereocenters.